The first-order chi connectivity index (χ1) is 6.34. The molecular formula is C11H8ClO. The van der Waals surface area contributed by atoms with Gasteiger partial charge in [-0.15, -0.1) is 0 Å². The van der Waals surface area contributed by atoms with Gasteiger partial charge in [0.25, 0.3) is 0 Å². The minimum Gasteiger partial charge on any atom is -0.457 e. The van der Waals surface area contributed by atoms with Gasteiger partial charge in [-0.2, -0.15) is 0 Å². The molecule has 0 saturated heterocycles. The fourth-order valence-corrected chi connectivity index (χ4v) is 1.43. The highest BCUT2D eigenvalue weighted by Gasteiger charge is 1.98. The Kier molecular flexibility index (Phi) is 2.37. The quantitative estimate of drug-likeness (QED) is 0.710. The molecule has 13 heavy (non-hydrogen) atoms. The van der Waals surface area contributed by atoms with Crippen molar-refractivity contribution in [2.45, 2.75) is 6.42 Å². The molecule has 0 aliphatic carbocycles. The van der Waals surface area contributed by atoms with E-state index in [1.54, 1.807) is 6.07 Å². The molecule has 1 radical (unpaired) electrons. The highest BCUT2D eigenvalue weighted by atomic mass is 35.5. The second kappa shape index (κ2) is 3.67. The van der Waals surface area contributed by atoms with Crippen LogP contribution in [0.4, 0.5) is 0 Å². The highest BCUT2D eigenvalue weighted by Crippen LogP contribution is 2.14. The fraction of sp³-hybridized carbons (Fsp3) is 0.0909. The Morgan fingerprint density at radius 2 is 2.23 bits per heavy atom. The summed E-state index contributed by atoms with van der Waals surface area (Å²) in [5, 5.41) is 0.757. The fourth-order valence-electron chi connectivity index (χ4n) is 1.21. The Morgan fingerprint density at radius 3 is 2.92 bits per heavy atom. The van der Waals surface area contributed by atoms with Crippen molar-refractivity contribution in [3.05, 3.63) is 59.0 Å². The maximum atomic E-state index is 5.85. The van der Waals surface area contributed by atoms with E-state index in [0.717, 1.165) is 22.8 Å². The minimum absolute atomic E-state index is 0.757. The lowest BCUT2D eigenvalue weighted by Crippen LogP contribution is -1.84. The van der Waals surface area contributed by atoms with Gasteiger partial charge in [-0.25, -0.2) is 0 Å². The number of rotatable bonds is 2. The molecule has 65 valence electrons. The largest absolute Gasteiger partial charge is 0.457 e. The zero-order valence-electron chi connectivity index (χ0n) is 6.96. The van der Waals surface area contributed by atoms with Gasteiger partial charge in [0, 0.05) is 11.4 Å². The van der Waals surface area contributed by atoms with Crippen LogP contribution in [0.25, 0.3) is 0 Å². The van der Waals surface area contributed by atoms with Crippen molar-refractivity contribution in [1.82, 2.24) is 0 Å². The molecule has 0 saturated carbocycles. The Hall–Kier alpha value is -1.21. The third-order valence-corrected chi connectivity index (χ3v) is 2.03. The van der Waals surface area contributed by atoms with Gasteiger partial charge in [0.05, 0.1) is 0 Å². The topological polar surface area (TPSA) is 13.1 Å². The first-order valence-corrected chi connectivity index (χ1v) is 4.41. The lowest BCUT2D eigenvalue weighted by molar-refractivity contribution is 0.513. The zero-order valence-corrected chi connectivity index (χ0v) is 7.71. The summed E-state index contributed by atoms with van der Waals surface area (Å²) in [4.78, 5) is 0. The lowest BCUT2D eigenvalue weighted by atomic mass is 10.1. The van der Waals surface area contributed by atoms with Crippen LogP contribution in [0.1, 0.15) is 11.3 Å². The smallest absolute Gasteiger partial charge is 0.169 e. The van der Waals surface area contributed by atoms with Crippen LogP contribution in [0.5, 0.6) is 0 Å². The standard InChI is InChI=1S/C11H8ClO/c12-10-4-1-3-9(7-10)8-11-5-2-6-13-11/h1-5,7H,8H2. The molecule has 0 atom stereocenters. The Balaban J connectivity index is 2.19. The molecule has 1 aromatic heterocycles. The average Bonchev–Trinajstić information content (AvgIpc) is 2.57. The maximum Gasteiger partial charge on any atom is 0.169 e. The lowest BCUT2D eigenvalue weighted by Gasteiger charge is -1.97. The molecule has 2 rings (SSSR count). The van der Waals surface area contributed by atoms with E-state index in [4.69, 9.17) is 16.0 Å². The molecule has 0 N–H and O–H groups in total. The number of hydrogen-bond donors (Lipinski definition) is 0. The van der Waals surface area contributed by atoms with Crippen LogP contribution >= 0.6 is 11.6 Å². The maximum absolute atomic E-state index is 5.85. The van der Waals surface area contributed by atoms with Crippen molar-refractivity contribution in [2.75, 3.05) is 0 Å². The number of halogens is 1. The van der Waals surface area contributed by atoms with E-state index in [2.05, 4.69) is 6.26 Å². The van der Waals surface area contributed by atoms with Crippen molar-refractivity contribution in [1.29, 1.82) is 0 Å². The summed E-state index contributed by atoms with van der Waals surface area (Å²) in [6, 6.07) is 11.4. The summed E-state index contributed by atoms with van der Waals surface area (Å²) in [6.07, 6.45) is 3.42. The second-order valence-electron chi connectivity index (χ2n) is 2.83. The van der Waals surface area contributed by atoms with Gasteiger partial charge >= 0.3 is 0 Å². The molecule has 0 spiro atoms. The number of benzene rings is 1. The van der Waals surface area contributed by atoms with Gasteiger partial charge in [-0.05, 0) is 29.8 Å². The molecule has 0 unspecified atom stereocenters. The number of furan rings is 1. The monoisotopic (exact) mass is 191 g/mol. The first-order valence-electron chi connectivity index (χ1n) is 4.04. The molecule has 0 aliphatic rings. The van der Waals surface area contributed by atoms with Crippen LogP contribution in [0, 0.1) is 6.26 Å². The summed E-state index contributed by atoms with van der Waals surface area (Å²) in [6.45, 7) is 0. The van der Waals surface area contributed by atoms with Crippen molar-refractivity contribution < 1.29 is 4.42 Å². The predicted molar refractivity (Wildman–Crippen MR) is 51.8 cm³/mol. The summed E-state index contributed by atoms with van der Waals surface area (Å²) in [7, 11) is 0. The van der Waals surface area contributed by atoms with Crippen LogP contribution in [-0.2, 0) is 6.42 Å². The summed E-state index contributed by atoms with van der Waals surface area (Å²) in [5.74, 6) is 0.905. The molecule has 1 aromatic carbocycles. The zero-order chi connectivity index (χ0) is 9.10. The van der Waals surface area contributed by atoms with E-state index in [1.807, 2.05) is 30.3 Å². The second-order valence-corrected chi connectivity index (χ2v) is 3.26. The summed E-state index contributed by atoms with van der Waals surface area (Å²) < 4.78 is 5.11. The van der Waals surface area contributed by atoms with Crippen LogP contribution in [0.2, 0.25) is 5.02 Å². The molecule has 1 heterocycles. The summed E-state index contributed by atoms with van der Waals surface area (Å²) in [5.41, 5.74) is 1.15. The van der Waals surface area contributed by atoms with Crippen LogP contribution < -0.4 is 0 Å². The molecule has 0 aliphatic heterocycles. The Labute approximate surface area is 82.0 Å². The first kappa shape index (κ1) is 8.39. The average molecular weight is 192 g/mol. The molecule has 0 fully saturated rings. The van der Waals surface area contributed by atoms with Gasteiger partial charge in [0.2, 0.25) is 0 Å². The van der Waals surface area contributed by atoms with Crippen LogP contribution in [0.15, 0.2) is 40.8 Å². The van der Waals surface area contributed by atoms with Gasteiger partial charge in [0.15, 0.2) is 6.26 Å². The van der Waals surface area contributed by atoms with Crippen molar-refractivity contribution in [3.63, 3.8) is 0 Å². The van der Waals surface area contributed by atoms with E-state index in [9.17, 15) is 0 Å². The highest BCUT2D eigenvalue weighted by molar-refractivity contribution is 6.30. The Morgan fingerprint density at radius 1 is 1.31 bits per heavy atom. The summed E-state index contributed by atoms with van der Waals surface area (Å²) >= 11 is 5.85. The minimum atomic E-state index is 0.757. The Bertz CT molecular complexity index is 379. The van der Waals surface area contributed by atoms with Crippen LogP contribution in [0.3, 0.4) is 0 Å². The SMILES string of the molecule is Clc1cccc(Cc2cc[c]o2)c1. The van der Waals surface area contributed by atoms with E-state index in [0.29, 0.717) is 0 Å². The molecule has 0 bridgehead atoms. The van der Waals surface area contributed by atoms with Crippen molar-refractivity contribution in [3.8, 4) is 0 Å². The number of hydrogen-bond acceptors (Lipinski definition) is 1. The third kappa shape index (κ3) is 2.13. The van der Waals surface area contributed by atoms with Gasteiger partial charge < -0.3 is 4.42 Å². The van der Waals surface area contributed by atoms with Crippen molar-refractivity contribution >= 4 is 11.6 Å². The van der Waals surface area contributed by atoms with E-state index in [1.165, 1.54) is 0 Å². The molecule has 1 nitrogen and oxygen atoms in total. The van der Waals surface area contributed by atoms with Gasteiger partial charge in [0.1, 0.15) is 5.76 Å². The third-order valence-electron chi connectivity index (χ3n) is 1.79. The van der Waals surface area contributed by atoms with Crippen LogP contribution in [-0.4, -0.2) is 0 Å². The normalized spacial score (nSPS) is 10.2. The molecule has 0 amide bonds. The molecule has 2 heteroatoms. The molecule has 2 aromatic rings. The molecular weight excluding hydrogens is 184 g/mol. The van der Waals surface area contributed by atoms with Gasteiger partial charge in [-0.1, -0.05) is 23.7 Å². The van der Waals surface area contributed by atoms with Crippen molar-refractivity contribution in [2.24, 2.45) is 0 Å². The van der Waals surface area contributed by atoms with E-state index in [-0.39, 0.29) is 0 Å². The van der Waals surface area contributed by atoms with E-state index >= 15 is 0 Å². The predicted octanol–water partition coefficient (Wildman–Crippen LogP) is 3.32. The van der Waals surface area contributed by atoms with E-state index < -0.39 is 0 Å². The van der Waals surface area contributed by atoms with Gasteiger partial charge in [-0.3, -0.25) is 0 Å².